The zero-order valence-electron chi connectivity index (χ0n) is 18.7. The molecule has 33 heavy (non-hydrogen) atoms. The van der Waals surface area contributed by atoms with E-state index in [4.69, 9.17) is 0 Å². The normalized spacial score (nSPS) is 14.5. The molecule has 170 valence electrons. The molecule has 1 heterocycles. The Balaban J connectivity index is 1.21. The molecule has 2 amide bonds. The Labute approximate surface area is 195 Å². The van der Waals surface area contributed by atoms with Crippen molar-refractivity contribution in [1.29, 1.82) is 0 Å². The molecule has 4 rings (SSSR count). The Hall–Kier alpha value is -3.48. The van der Waals surface area contributed by atoms with Crippen molar-refractivity contribution in [3.63, 3.8) is 0 Å². The van der Waals surface area contributed by atoms with Crippen molar-refractivity contribution >= 4 is 17.5 Å². The van der Waals surface area contributed by atoms with E-state index < -0.39 is 0 Å². The summed E-state index contributed by atoms with van der Waals surface area (Å²) in [6.45, 7) is 4.34. The highest BCUT2D eigenvalue weighted by atomic mass is 16.2. The third-order valence-corrected chi connectivity index (χ3v) is 5.82. The molecule has 0 unspecified atom stereocenters. The lowest BCUT2D eigenvalue weighted by molar-refractivity contribution is -0.123. The maximum absolute atomic E-state index is 12.7. The van der Waals surface area contributed by atoms with Gasteiger partial charge in [0.05, 0.1) is 13.1 Å². The fourth-order valence-electron chi connectivity index (χ4n) is 4.02. The number of amides is 2. The maximum Gasteiger partial charge on any atom is 0.238 e. The molecule has 1 fully saturated rings. The van der Waals surface area contributed by atoms with E-state index in [0.29, 0.717) is 19.6 Å². The number of carbonyl (C=O) groups is 2. The van der Waals surface area contributed by atoms with Crippen LogP contribution in [0.25, 0.3) is 11.1 Å². The summed E-state index contributed by atoms with van der Waals surface area (Å²) in [7, 11) is 0. The van der Waals surface area contributed by atoms with Crippen molar-refractivity contribution in [1.82, 2.24) is 15.1 Å². The minimum Gasteiger partial charge on any atom is -0.351 e. The summed E-state index contributed by atoms with van der Waals surface area (Å²) in [5.41, 5.74) is 4.00. The molecule has 6 heteroatoms. The lowest BCUT2D eigenvalue weighted by atomic mass is 10.0. The van der Waals surface area contributed by atoms with Gasteiger partial charge >= 0.3 is 0 Å². The minimum absolute atomic E-state index is 0.0209. The topological polar surface area (TPSA) is 64.7 Å². The largest absolute Gasteiger partial charge is 0.351 e. The first kappa shape index (κ1) is 22.7. The second-order valence-corrected chi connectivity index (χ2v) is 8.27. The third kappa shape index (κ3) is 6.75. The van der Waals surface area contributed by atoms with Crippen LogP contribution in [0, 0.1) is 0 Å². The smallest absolute Gasteiger partial charge is 0.238 e. The van der Waals surface area contributed by atoms with Crippen LogP contribution in [0.3, 0.4) is 0 Å². The number of nitrogens with one attached hydrogen (secondary N) is 2. The molecule has 0 saturated carbocycles. The molecule has 2 N–H and O–H groups in total. The molecule has 0 bridgehead atoms. The molecule has 1 aliphatic heterocycles. The van der Waals surface area contributed by atoms with Crippen LogP contribution in [0.1, 0.15) is 5.56 Å². The molecule has 0 radical (unpaired) electrons. The molecule has 0 aliphatic carbocycles. The molecule has 1 saturated heterocycles. The standard InChI is InChI=1S/C27H30N4O2/c32-26(28-19-22-9-3-1-4-10-22)20-30-15-17-31(18-16-30)21-27(33)29-25-14-8-7-13-24(25)23-11-5-2-6-12-23/h1-14H,15-21H2,(H,28,32)(H,29,33). The lowest BCUT2D eigenvalue weighted by Crippen LogP contribution is -2.50. The van der Waals surface area contributed by atoms with Gasteiger partial charge < -0.3 is 10.6 Å². The van der Waals surface area contributed by atoms with Gasteiger partial charge in [0.25, 0.3) is 0 Å². The highest BCUT2D eigenvalue weighted by molar-refractivity contribution is 5.96. The van der Waals surface area contributed by atoms with Crippen LogP contribution >= 0.6 is 0 Å². The summed E-state index contributed by atoms with van der Waals surface area (Å²) in [6, 6.07) is 27.8. The van der Waals surface area contributed by atoms with Crippen molar-refractivity contribution in [3.05, 3.63) is 90.5 Å². The SMILES string of the molecule is O=C(CN1CCN(CC(=O)Nc2ccccc2-c2ccccc2)CC1)NCc1ccccc1. The number of rotatable bonds is 8. The average molecular weight is 443 g/mol. The molecule has 3 aromatic carbocycles. The van der Waals surface area contributed by atoms with Gasteiger partial charge in [-0.25, -0.2) is 0 Å². The first-order chi connectivity index (χ1) is 16.2. The second kappa shape index (κ2) is 11.4. The van der Waals surface area contributed by atoms with Crippen LogP contribution in [-0.4, -0.2) is 60.9 Å². The zero-order valence-corrected chi connectivity index (χ0v) is 18.7. The van der Waals surface area contributed by atoms with Crippen molar-refractivity contribution in [2.24, 2.45) is 0 Å². The van der Waals surface area contributed by atoms with Gasteiger partial charge in [-0.15, -0.1) is 0 Å². The molecule has 6 nitrogen and oxygen atoms in total. The van der Waals surface area contributed by atoms with Gasteiger partial charge in [-0.1, -0.05) is 78.9 Å². The van der Waals surface area contributed by atoms with Gasteiger partial charge in [-0.2, -0.15) is 0 Å². The van der Waals surface area contributed by atoms with E-state index in [1.54, 1.807) is 0 Å². The maximum atomic E-state index is 12.7. The Bertz CT molecular complexity index is 1050. The predicted molar refractivity (Wildman–Crippen MR) is 132 cm³/mol. The fourth-order valence-corrected chi connectivity index (χ4v) is 4.02. The van der Waals surface area contributed by atoms with Gasteiger partial charge in [0.2, 0.25) is 11.8 Å². The van der Waals surface area contributed by atoms with E-state index in [1.807, 2.05) is 84.9 Å². The average Bonchev–Trinajstić information content (AvgIpc) is 2.85. The molecule has 1 aliphatic rings. The summed E-state index contributed by atoms with van der Waals surface area (Å²) >= 11 is 0. The van der Waals surface area contributed by atoms with E-state index >= 15 is 0 Å². The number of hydrogen-bond donors (Lipinski definition) is 2. The quantitative estimate of drug-likeness (QED) is 0.562. The monoisotopic (exact) mass is 442 g/mol. The van der Waals surface area contributed by atoms with E-state index in [2.05, 4.69) is 20.4 Å². The number of hydrogen-bond acceptors (Lipinski definition) is 4. The van der Waals surface area contributed by atoms with E-state index in [0.717, 1.165) is 48.6 Å². The number of benzene rings is 3. The van der Waals surface area contributed by atoms with Crippen LogP contribution in [0.4, 0.5) is 5.69 Å². The summed E-state index contributed by atoms with van der Waals surface area (Å²) < 4.78 is 0. The fraction of sp³-hybridized carbons (Fsp3) is 0.259. The number of nitrogens with zero attached hydrogens (tertiary/aromatic N) is 2. The summed E-state index contributed by atoms with van der Waals surface area (Å²) in [6.07, 6.45) is 0. The van der Waals surface area contributed by atoms with E-state index in [9.17, 15) is 9.59 Å². The van der Waals surface area contributed by atoms with Gasteiger partial charge in [-0.05, 0) is 17.2 Å². The van der Waals surface area contributed by atoms with Crippen LogP contribution in [0.2, 0.25) is 0 Å². The molecule has 3 aromatic rings. The van der Waals surface area contributed by atoms with E-state index in [1.165, 1.54) is 0 Å². The number of anilines is 1. The van der Waals surface area contributed by atoms with Gasteiger partial charge in [0.15, 0.2) is 0 Å². The number of piperazine rings is 1. The Morgan fingerprint density at radius 2 is 1.21 bits per heavy atom. The highest BCUT2D eigenvalue weighted by Crippen LogP contribution is 2.27. The Morgan fingerprint density at radius 3 is 1.88 bits per heavy atom. The van der Waals surface area contributed by atoms with Crippen molar-refractivity contribution < 1.29 is 9.59 Å². The third-order valence-electron chi connectivity index (χ3n) is 5.82. The first-order valence-corrected chi connectivity index (χ1v) is 11.4. The number of para-hydroxylation sites is 1. The highest BCUT2D eigenvalue weighted by Gasteiger charge is 2.21. The van der Waals surface area contributed by atoms with Crippen molar-refractivity contribution in [2.75, 3.05) is 44.6 Å². The molecule has 0 atom stereocenters. The van der Waals surface area contributed by atoms with Crippen LogP contribution in [0.15, 0.2) is 84.9 Å². The van der Waals surface area contributed by atoms with E-state index in [-0.39, 0.29) is 11.8 Å². The summed E-state index contributed by atoms with van der Waals surface area (Å²) in [4.78, 5) is 29.3. The molecular formula is C27H30N4O2. The van der Waals surface area contributed by atoms with Crippen molar-refractivity contribution in [3.8, 4) is 11.1 Å². The predicted octanol–water partition coefficient (Wildman–Crippen LogP) is 3.23. The van der Waals surface area contributed by atoms with Gasteiger partial charge in [0, 0.05) is 44.0 Å². The van der Waals surface area contributed by atoms with Crippen LogP contribution in [-0.2, 0) is 16.1 Å². The second-order valence-electron chi connectivity index (χ2n) is 8.27. The molecule has 0 aromatic heterocycles. The Morgan fingerprint density at radius 1 is 0.667 bits per heavy atom. The van der Waals surface area contributed by atoms with Gasteiger partial charge in [-0.3, -0.25) is 19.4 Å². The van der Waals surface area contributed by atoms with Gasteiger partial charge in [0.1, 0.15) is 0 Å². The van der Waals surface area contributed by atoms with Crippen LogP contribution < -0.4 is 10.6 Å². The molecular weight excluding hydrogens is 412 g/mol. The summed E-state index contributed by atoms with van der Waals surface area (Å²) in [5.74, 6) is 0.00926. The summed E-state index contributed by atoms with van der Waals surface area (Å²) in [5, 5.41) is 6.05. The molecule has 0 spiro atoms. The minimum atomic E-state index is -0.0209. The zero-order chi connectivity index (χ0) is 22.9. The Kier molecular flexibility index (Phi) is 7.85. The van der Waals surface area contributed by atoms with Crippen LogP contribution in [0.5, 0.6) is 0 Å². The lowest BCUT2D eigenvalue weighted by Gasteiger charge is -2.33. The number of carbonyl (C=O) groups excluding carboxylic acids is 2. The first-order valence-electron chi connectivity index (χ1n) is 11.4. The van der Waals surface area contributed by atoms with Crippen molar-refractivity contribution in [2.45, 2.75) is 6.54 Å².